The quantitative estimate of drug-likeness (QED) is 0.0761. The zero-order valence-electron chi connectivity index (χ0n) is 32.1. The highest BCUT2D eigenvalue weighted by molar-refractivity contribution is 7.90. The van der Waals surface area contributed by atoms with Gasteiger partial charge in [0.15, 0.2) is 0 Å². The Kier molecular flexibility index (Phi) is 11.8. The topological polar surface area (TPSA) is 159 Å². The molecule has 0 spiro atoms. The zero-order valence-corrected chi connectivity index (χ0v) is 33.7. The van der Waals surface area contributed by atoms with Gasteiger partial charge in [-0.2, -0.15) is 0 Å². The standard InChI is InChI=1S/C44H43ClN6O7S/c45-34-7-5-31(6-8-34)38-4-2-1-3-33(38)29-49-19-21-50(22-20-49)35-9-12-39(43(26-35)58-36-10-13-40-32(25-36)15-18-46-40)44(52)48-59(55,56)37-11-14-41(42(27-37)51(53)54)47-28-30-16-23-57-24-17-30/h1-15,18,25-27,30,46-47H,16-17,19-24,28-29H2,(H,48,52). The van der Waals surface area contributed by atoms with Gasteiger partial charge in [-0.05, 0) is 96.1 Å². The lowest BCUT2D eigenvalue weighted by Gasteiger charge is -2.36. The third-order valence-corrected chi connectivity index (χ3v) is 12.5. The van der Waals surface area contributed by atoms with Crippen molar-refractivity contribution in [2.24, 2.45) is 5.92 Å². The van der Waals surface area contributed by atoms with Gasteiger partial charge in [-0.1, -0.05) is 48.0 Å². The van der Waals surface area contributed by atoms with Crippen LogP contribution in [0.15, 0.2) is 120 Å². The highest BCUT2D eigenvalue weighted by Gasteiger charge is 2.27. The van der Waals surface area contributed by atoms with Crippen LogP contribution in [-0.2, 0) is 21.3 Å². The molecule has 0 atom stereocenters. The van der Waals surface area contributed by atoms with Crippen molar-refractivity contribution in [1.82, 2.24) is 14.6 Å². The van der Waals surface area contributed by atoms with Crippen molar-refractivity contribution in [2.45, 2.75) is 24.3 Å². The SMILES string of the molecule is O=C(NS(=O)(=O)c1ccc(NCC2CCOCC2)c([N+](=O)[O-])c1)c1ccc(N2CCN(Cc3ccccc3-c3ccc(Cl)cc3)CC2)cc1Oc1ccc2[nH]ccc2c1. The van der Waals surface area contributed by atoms with Crippen molar-refractivity contribution in [3.05, 3.63) is 142 Å². The van der Waals surface area contributed by atoms with Crippen molar-refractivity contribution in [3.8, 4) is 22.6 Å². The molecule has 6 aromatic rings. The summed E-state index contributed by atoms with van der Waals surface area (Å²) in [5.74, 6) is -0.0569. The molecule has 59 heavy (non-hydrogen) atoms. The lowest BCUT2D eigenvalue weighted by molar-refractivity contribution is -0.384. The lowest BCUT2D eigenvalue weighted by atomic mass is 9.99. The average molecular weight is 835 g/mol. The number of hydrogen-bond acceptors (Lipinski definition) is 10. The number of anilines is 2. The van der Waals surface area contributed by atoms with E-state index in [2.05, 4.69) is 43.0 Å². The summed E-state index contributed by atoms with van der Waals surface area (Å²) >= 11 is 6.15. The van der Waals surface area contributed by atoms with E-state index in [4.69, 9.17) is 21.1 Å². The fraction of sp³-hybridized carbons (Fsp3) is 0.250. The Bertz CT molecular complexity index is 2590. The first kappa shape index (κ1) is 39.9. The predicted octanol–water partition coefficient (Wildman–Crippen LogP) is 8.47. The molecule has 2 fully saturated rings. The van der Waals surface area contributed by atoms with Crippen LogP contribution in [-0.4, -0.2) is 75.1 Å². The molecule has 3 heterocycles. The number of rotatable bonds is 13. The van der Waals surface area contributed by atoms with Crippen LogP contribution in [0, 0.1) is 16.0 Å². The number of aromatic nitrogens is 1. The van der Waals surface area contributed by atoms with Crippen LogP contribution in [0.4, 0.5) is 17.1 Å². The molecule has 0 bridgehead atoms. The number of benzene rings is 5. The van der Waals surface area contributed by atoms with Crippen molar-refractivity contribution in [3.63, 3.8) is 0 Å². The van der Waals surface area contributed by atoms with E-state index >= 15 is 0 Å². The van der Waals surface area contributed by atoms with E-state index < -0.39 is 31.4 Å². The minimum atomic E-state index is -4.54. The summed E-state index contributed by atoms with van der Waals surface area (Å²) in [4.78, 5) is 32.6. The van der Waals surface area contributed by atoms with Gasteiger partial charge in [0, 0.05) is 92.4 Å². The van der Waals surface area contributed by atoms with E-state index in [0.29, 0.717) is 43.6 Å². The van der Waals surface area contributed by atoms with E-state index in [1.165, 1.54) is 17.7 Å². The largest absolute Gasteiger partial charge is 0.456 e. The van der Waals surface area contributed by atoms with E-state index in [1.807, 2.05) is 54.7 Å². The molecule has 304 valence electrons. The molecule has 0 aliphatic carbocycles. The summed E-state index contributed by atoms with van der Waals surface area (Å²) in [6, 6.07) is 32.2. The van der Waals surface area contributed by atoms with Crippen LogP contribution in [0.5, 0.6) is 11.5 Å². The molecular weight excluding hydrogens is 792 g/mol. The van der Waals surface area contributed by atoms with Gasteiger partial charge < -0.3 is 24.7 Å². The number of hydrogen-bond donors (Lipinski definition) is 3. The van der Waals surface area contributed by atoms with Gasteiger partial charge in [-0.3, -0.25) is 19.8 Å². The van der Waals surface area contributed by atoms with Gasteiger partial charge in [0.1, 0.15) is 17.2 Å². The van der Waals surface area contributed by atoms with Crippen molar-refractivity contribution >= 4 is 55.5 Å². The molecular formula is C44H43ClN6O7S. The number of aromatic amines is 1. The number of piperazine rings is 1. The Hall–Kier alpha value is -5.93. The molecule has 5 aromatic carbocycles. The number of nitrogens with one attached hydrogen (secondary N) is 3. The van der Waals surface area contributed by atoms with E-state index in [0.717, 1.165) is 66.3 Å². The number of carbonyl (C=O) groups is 1. The Morgan fingerprint density at radius 2 is 1.69 bits per heavy atom. The first-order valence-corrected chi connectivity index (χ1v) is 21.3. The van der Waals surface area contributed by atoms with Gasteiger partial charge in [-0.15, -0.1) is 0 Å². The van der Waals surface area contributed by atoms with Crippen molar-refractivity contribution in [2.75, 3.05) is 56.2 Å². The molecule has 0 unspecified atom stereocenters. The van der Waals surface area contributed by atoms with Crippen LogP contribution in [0.25, 0.3) is 22.0 Å². The van der Waals surface area contributed by atoms with Crippen LogP contribution >= 0.6 is 11.6 Å². The summed E-state index contributed by atoms with van der Waals surface area (Å²) in [6.45, 7) is 5.49. The summed E-state index contributed by atoms with van der Waals surface area (Å²) in [6.07, 6.45) is 3.46. The molecule has 3 N–H and O–H groups in total. The molecule has 0 saturated carbocycles. The van der Waals surface area contributed by atoms with Gasteiger partial charge >= 0.3 is 0 Å². The number of carbonyl (C=O) groups excluding carboxylic acids is 1. The summed E-state index contributed by atoms with van der Waals surface area (Å²) in [5.41, 5.74) is 4.97. The molecule has 0 radical (unpaired) electrons. The van der Waals surface area contributed by atoms with E-state index in [1.54, 1.807) is 24.3 Å². The van der Waals surface area contributed by atoms with Crippen molar-refractivity contribution in [1.29, 1.82) is 0 Å². The van der Waals surface area contributed by atoms with E-state index in [9.17, 15) is 23.3 Å². The number of nitro groups is 1. The van der Waals surface area contributed by atoms with Crippen LogP contribution in [0.3, 0.4) is 0 Å². The number of amides is 1. The van der Waals surface area contributed by atoms with Crippen LogP contribution < -0.4 is 19.7 Å². The number of nitrogens with zero attached hydrogens (tertiary/aromatic N) is 3. The van der Waals surface area contributed by atoms with Crippen LogP contribution in [0.2, 0.25) is 5.02 Å². The normalized spacial score (nSPS) is 15.2. The second-order valence-electron chi connectivity index (χ2n) is 14.7. The Morgan fingerprint density at radius 3 is 2.47 bits per heavy atom. The molecule has 2 aliphatic rings. The Balaban J connectivity index is 1.00. The third kappa shape index (κ3) is 9.36. The van der Waals surface area contributed by atoms with Gasteiger partial charge in [0.2, 0.25) is 0 Å². The predicted molar refractivity (Wildman–Crippen MR) is 229 cm³/mol. The van der Waals surface area contributed by atoms with Crippen molar-refractivity contribution < 1.29 is 27.6 Å². The molecule has 2 saturated heterocycles. The second-order valence-corrected chi connectivity index (χ2v) is 16.9. The van der Waals surface area contributed by atoms with Gasteiger partial charge in [0.25, 0.3) is 21.6 Å². The highest BCUT2D eigenvalue weighted by Crippen LogP contribution is 2.34. The molecule has 1 amide bonds. The number of nitro benzene ring substituents is 1. The fourth-order valence-electron chi connectivity index (χ4n) is 7.60. The first-order chi connectivity index (χ1) is 28.6. The first-order valence-electron chi connectivity index (χ1n) is 19.5. The number of ether oxygens (including phenoxy) is 2. The maximum atomic E-state index is 13.9. The summed E-state index contributed by atoms with van der Waals surface area (Å²) < 4.78 is 41.1. The minimum Gasteiger partial charge on any atom is -0.456 e. The third-order valence-electron chi connectivity index (χ3n) is 10.9. The van der Waals surface area contributed by atoms with E-state index in [-0.39, 0.29) is 22.9 Å². The molecule has 1 aromatic heterocycles. The van der Waals surface area contributed by atoms with Gasteiger partial charge in [0.05, 0.1) is 15.4 Å². The monoisotopic (exact) mass is 834 g/mol. The Morgan fingerprint density at radius 1 is 0.915 bits per heavy atom. The molecule has 2 aliphatic heterocycles. The maximum absolute atomic E-state index is 13.9. The van der Waals surface area contributed by atoms with Gasteiger partial charge in [-0.25, -0.2) is 13.1 Å². The number of H-pyrrole nitrogens is 1. The lowest BCUT2D eigenvalue weighted by Crippen LogP contribution is -2.46. The number of sulfonamides is 1. The zero-order chi connectivity index (χ0) is 40.9. The molecule has 13 nitrogen and oxygen atoms in total. The molecule has 15 heteroatoms. The second kappa shape index (κ2) is 17.5. The number of fused-ring (bicyclic) bond motifs is 1. The fourth-order valence-corrected chi connectivity index (χ4v) is 8.71. The average Bonchev–Trinajstić information content (AvgIpc) is 3.72. The summed E-state index contributed by atoms with van der Waals surface area (Å²) in [7, 11) is -4.54. The molecule has 8 rings (SSSR count). The maximum Gasteiger partial charge on any atom is 0.293 e. The number of halogens is 1. The van der Waals surface area contributed by atoms with Crippen LogP contribution in [0.1, 0.15) is 28.8 Å². The highest BCUT2D eigenvalue weighted by atomic mass is 35.5. The smallest absolute Gasteiger partial charge is 0.293 e. The Labute approximate surface area is 347 Å². The summed E-state index contributed by atoms with van der Waals surface area (Å²) in [5, 5.41) is 16.7. The minimum absolute atomic E-state index is 0.0202.